The lowest BCUT2D eigenvalue weighted by Crippen LogP contribution is -2.29. The average molecular weight is 528 g/mol. The normalized spacial score (nSPS) is 11.5. The van der Waals surface area contributed by atoms with Crippen LogP contribution >= 0.6 is 0 Å². The van der Waals surface area contributed by atoms with Gasteiger partial charge in [-0.1, -0.05) is 78.9 Å². The Morgan fingerprint density at radius 3 is 2.00 bits per heavy atom. The van der Waals surface area contributed by atoms with Gasteiger partial charge >= 0.3 is 0 Å². The molecule has 0 aliphatic carbocycles. The molecule has 194 valence electrons. The van der Waals surface area contributed by atoms with Crippen LogP contribution in [0.3, 0.4) is 0 Å². The van der Waals surface area contributed by atoms with Crippen molar-refractivity contribution in [3.05, 3.63) is 133 Å². The van der Waals surface area contributed by atoms with Crippen LogP contribution in [-0.2, 0) is 7.05 Å². The molecule has 0 spiro atoms. The van der Waals surface area contributed by atoms with E-state index in [2.05, 4.69) is 57.8 Å². The summed E-state index contributed by atoms with van der Waals surface area (Å²) in [6.07, 6.45) is 4.10. The second-order valence-electron chi connectivity index (χ2n) is 10.1. The fraction of sp³-hybridized carbons (Fsp3) is 0.0571. The third kappa shape index (κ3) is 3.82. The van der Waals surface area contributed by atoms with Crippen molar-refractivity contribution in [1.82, 2.24) is 4.57 Å². The molecular weight excluding hydrogens is 502 g/mol. The van der Waals surface area contributed by atoms with Gasteiger partial charge in [0.05, 0.1) is 18.0 Å². The van der Waals surface area contributed by atoms with Crippen molar-refractivity contribution in [3.8, 4) is 39.3 Å². The van der Waals surface area contributed by atoms with Crippen LogP contribution in [0.4, 0.5) is 8.78 Å². The molecule has 40 heavy (non-hydrogen) atoms. The zero-order valence-electron chi connectivity index (χ0n) is 22.0. The lowest BCUT2D eigenvalue weighted by molar-refractivity contribution is -0.659. The minimum Gasteiger partial charge on any atom is -0.456 e. The van der Waals surface area contributed by atoms with Gasteiger partial charge in [0.1, 0.15) is 40.9 Å². The Hall–Kier alpha value is -5.03. The van der Waals surface area contributed by atoms with Crippen molar-refractivity contribution in [1.29, 1.82) is 0 Å². The minimum atomic E-state index is -0.660. The predicted molar refractivity (Wildman–Crippen MR) is 155 cm³/mol. The molecular formula is C35H25F2N2O+. The summed E-state index contributed by atoms with van der Waals surface area (Å²) >= 11 is 0. The molecule has 0 saturated heterocycles. The van der Waals surface area contributed by atoms with Crippen LogP contribution in [0.15, 0.2) is 120 Å². The van der Waals surface area contributed by atoms with Crippen molar-refractivity contribution >= 4 is 21.9 Å². The van der Waals surface area contributed by atoms with Crippen molar-refractivity contribution < 1.29 is 17.8 Å². The first kappa shape index (κ1) is 24.0. The van der Waals surface area contributed by atoms with E-state index < -0.39 is 11.6 Å². The number of nitrogens with zero attached hydrogens (tertiary/aromatic N) is 2. The quantitative estimate of drug-likeness (QED) is 0.210. The molecule has 5 heteroatoms. The van der Waals surface area contributed by atoms with E-state index in [1.165, 1.54) is 6.07 Å². The maximum absolute atomic E-state index is 14.8. The molecule has 2 aromatic heterocycles. The first-order valence-corrected chi connectivity index (χ1v) is 13.1. The van der Waals surface area contributed by atoms with E-state index in [4.69, 9.17) is 4.42 Å². The summed E-state index contributed by atoms with van der Waals surface area (Å²) in [6, 6.07) is 33.1. The number of imidazole rings is 1. The van der Waals surface area contributed by atoms with E-state index in [0.29, 0.717) is 16.4 Å². The van der Waals surface area contributed by atoms with Crippen LogP contribution in [0.1, 0.15) is 5.56 Å². The van der Waals surface area contributed by atoms with Crippen molar-refractivity contribution in [2.24, 2.45) is 7.05 Å². The highest BCUT2D eigenvalue weighted by molar-refractivity contribution is 6.06. The number of aromatic nitrogens is 2. The van der Waals surface area contributed by atoms with Crippen LogP contribution in [0.5, 0.6) is 0 Å². The molecule has 0 N–H and O–H groups in total. The third-order valence-electron chi connectivity index (χ3n) is 7.52. The van der Waals surface area contributed by atoms with E-state index in [1.54, 1.807) is 0 Å². The fourth-order valence-electron chi connectivity index (χ4n) is 5.70. The maximum atomic E-state index is 14.8. The van der Waals surface area contributed by atoms with Gasteiger partial charge in [0, 0.05) is 28.6 Å². The van der Waals surface area contributed by atoms with Crippen LogP contribution in [0.25, 0.3) is 61.3 Å². The predicted octanol–water partition coefficient (Wildman–Crippen LogP) is 8.79. The number of benzene rings is 5. The number of furan rings is 1. The van der Waals surface area contributed by atoms with Crippen molar-refractivity contribution in [2.45, 2.75) is 6.92 Å². The molecule has 3 nitrogen and oxygen atoms in total. The maximum Gasteiger partial charge on any atom is 0.294 e. The van der Waals surface area contributed by atoms with Gasteiger partial charge in [0.2, 0.25) is 0 Å². The van der Waals surface area contributed by atoms with Gasteiger partial charge in [-0.3, -0.25) is 0 Å². The monoisotopic (exact) mass is 527 g/mol. The molecule has 5 aromatic carbocycles. The Bertz CT molecular complexity index is 1980. The second-order valence-corrected chi connectivity index (χ2v) is 10.1. The molecule has 0 aliphatic rings. The van der Waals surface area contributed by atoms with E-state index in [1.807, 2.05) is 68.7 Å². The summed E-state index contributed by atoms with van der Waals surface area (Å²) < 4.78 is 39.0. The van der Waals surface area contributed by atoms with E-state index >= 15 is 0 Å². The SMILES string of the molecule is Cc1cc2c(cc1-c1n(-c3c(-c4ccccc4)cccc3-c3ccccc3)cc[n+]1C)oc1cc(F)cc(F)c12. The summed E-state index contributed by atoms with van der Waals surface area (Å²) in [6.45, 7) is 2.01. The highest BCUT2D eigenvalue weighted by Crippen LogP contribution is 2.40. The van der Waals surface area contributed by atoms with Gasteiger partial charge < -0.3 is 4.42 Å². The second kappa shape index (κ2) is 9.31. The topological polar surface area (TPSA) is 21.9 Å². The van der Waals surface area contributed by atoms with Gasteiger partial charge in [-0.2, -0.15) is 4.57 Å². The summed E-state index contributed by atoms with van der Waals surface area (Å²) in [5.74, 6) is -0.349. The molecule has 0 fully saturated rings. The molecule has 7 aromatic rings. The van der Waals surface area contributed by atoms with Gasteiger partial charge in [-0.05, 0) is 35.7 Å². The van der Waals surface area contributed by atoms with Crippen LogP contribution in [-0.4, -0.2) is 4.57 Å². The number of para-hydroxylation sites is 1. The Balaban J connectivity index is 1.52. The van der Waals surface area contributed by atoms with Gasteiger partial charge in [0.25, 0.3) is 5.82 Å². The largest absolute Gasteiger partial charge is 0.456 e. The highest BCUT2D eigenvalue weighted by atomic mass is 19.1. The molecule has 2 heterocycles. The molecule has 0 aliphatic heterocycles. The fourth-order valence-corrected chi connectivity index (χ4v) is 5.70. The molecule has 0 amide bonds. The van der Waals surface area contributed by atoms with E-state index in [-0.39, 0.29) is 5.58 Å². The summed E-state index contributed by atoms with van der Waals surface area (Å²) in [5.41, 5.74) is 8.05. The molecule has 7 rings (SSSR count). The lowest BCUT2D eigenvalue weighted by atomic mass is 9.95. The zero-order valence-corrected chi connectivity index (χ0v) is 22.0. The number of halogens is 2. The molecule has 0 bridgehead atoms. The molecule has 0 radical (unpaired) electrons. The molecule has 0 unspecified atom stereocenters. The smallest absolute Gasteiger partial charge is 0.294 e. The minimum absolute atomic E-state index is 0.199. The number of aryl methyl sites for hydroxylation is 2. The molecule has 0 saturated carbocycles. The standard InChI is InChI=1S/C35H25F2N2O/c1-22-18-29-31(40-32-20-25(36)19-30(37)33(29)32)21-28(22)35-38(2)16-17-39(35)34-26(23-10-5-3-6-11-23)14-9-15-27(34)24-12-7-4-8-13-24/h3-21H,1-2H3/q+1. The van der Waals surface area contributed by atoms with Gasteiger partial charge in [-0.15, -0.1) is 0 Å². The highest BCUT2D eigenvalue weighted by Gasteiger charge is 2.27. The Labute approximate surface area is 230 Å². The first-order chi connectivity index (χ1) is 19.5. The van der Waals surface area contributed by atoms with Crippen LogP contribution in [0, 0.1) is 18.6 Å². The number of hydrogen-bond acceptors (Lipinski definition) is 1. The van der Waals surface area contributed by atoms with Crippen LogP contribution in [0.2, 0.25) is 0 Å². The molecule has 0 atom stereocenters. The first-order valence-electron chi connectivity index (χ1n) is 13.1. The van der Waals surface area contributed by atoms with Gasteiger partial charge in [-0.25, -0.2) is 13.3 Å². The van der Waals surface area contributed by atoms with Gasteiger partial charge in [0.15, 0.2) is 0 Å². The Kier molecular flexibility index (Phi) is 5.60. The van der Waals surface area contributed by atoms with Crippen molar-refractivity contribution in [3.63, 3.8) is 0 Å². The van der Waals surface area contributed by atoms with Crippen LogP contribution < -0.4 is 4.57 Å². The number of fused-ring (bicyclic) bond motifs is 3. The summed E-state index contributed by atoms with van der Waals surface area (Å²) in [7, 11) is 2.01. The Morgan fingerprint density at radius 2 is 1.35 bits per heavy atom. The average Bonchev–Trinajstić information content (AvgIpc) is 3.52. The third-order valence-corrected chi connectivity index (χ3v) is 7.52. The number of rotatable bonds is 4. The Morgan fingerprint density at radius 1 is 0.700 bits per heavy atom. The number of hydrogen-bond donors (Lipinski definition) is 0. The van der Waals surface area contributed by atoms with E-state index in [0.717, 1.165) is 51.0 Å². The van der Waals surface area contributed by atoms with Crippen molar-refractivity contribution in [2.75, 3.05) is 0 Å². The van der Waals surface area contributed by atoms with E-state index in [9.17, 15) is 8.78 Å². The summed E-state index contributed by atoms with van der Waals surface area (Å²) in [4.78, 5) is 0. The lowest BCUT2D eigenvalue weighted by Gasteiger charge is -2.15. The zero-order chi connectivity index (χ0) is 27.4. The summed E-state index contributed by atoms with van der Waals surface area (Å²) in [5, 5.41) is 0.927.